The molecule has 1 aromatic rings. The molecule has 0 aliphatic heterocycles. The highest BCUT2D eigenvalue weighted by atomic mass is 19.1. The van der Waals surface area contributed by atoms with E-state index in [0.717, 1.165) is 5.56 Å². The van der Waals surface area contributed by atoms with Gasteiger partial charge in [0.05, 0.1) is 6.61 Å². The Morgan fingerprint density at radius 3 is 2.71 bits per heavy atom. The zero-order valence-electron chi connectivity index (χ0n) is 8.34. The monoisotopic (exact) mass is 196 g/mol. The highest BCUT2D eigenvalue weighted by Crippen LogP contribution is 2.13. The van der Waals surface area contributed by atoms with Gasteiger partial charge in [-0.2, -0.15) is 0 Å². The van der Waals surface area contributed by atoms with E-state index in [0.29, 0.717) is 12.2 Å². The Morgan fingerprint density at radius 1 is 1.43 bits per heavy atom. The molecule has 0 bridgehead atoms. The van der Waals surface area contributed by atoms with E-state index in [1.165, 1.54) is 19.1 Å². The minimum atomic E-state index is -0.318. The second-order valence-corrected chi connectivity index (χ2v) is 3.22. The van der Waals surface area contributed by atoms with E-state index in [-0.39, 0.29) is 18.0 Å². The SMILES string of the molecule is COCc1ccc(F)cc1CC(C)=O. The lowest BCUT2D eigenvalue weighted by Gasteiger charge is -2.07. The molecule has 0 aliphatic carbocycles. The molecule has 1 aromatic carbocycles. The maximum atomic E-state index is 12.9. The van der Waals surface area contributed by atoms with Gasteiger partial charge in [-0.25, -0.2) is 4.39 Å². The normalized spacial score (nSPS) is 10.2. The van der Waals surface area contributed by atoms with E-state index in [1.54, 1.807) is 13.2 Å². The Balaban J connectivity index is 2.96. The first-order valence-corrected chi connectivity index (χ1v) is 4.39. The van der Waals surface area contributed by atoms with Crippen molar-refractivity contribution in [2.45, 2.75) is 20.0 Å². The van der Waals surface area contributed by atoms with Crippen LogP contribution in [0, 0.1) is 5.82 Å². The van der Waals surface area contributed by atoms with Gasteiger partial charge in [0, 0.05) is 13.5 Å². The van der Waals surface area contributed by atoms with Gasteiger partial charge in [-0.15, -0.1) is 0 Å². The van der Waals surface area contributed by atoms with Crippen molar-refractivity contribution in [1.82, 2.24) is 0 Å². The molecule has 0 heterocycles. The van der Waals surface area contributed by atoms with Crippen molar-refractivity contribution in [3.8, 4) is 0 Å². The summed E-state index contributed by atoms with van der Waals surface area (Å²) in [6, 6.07) is 4.41. The Morgan fingerprint density at radius 2 is 2.14 bits per heavy atom. The van der Waals surface area contributed by atoms with Crippen LogP contribution in [0.5, 0.6) is 0 Å². The van der Waals surface area contributed by atoms with Crippen molar-refractivity contribution < 1.29 is 13.9 Å². The second kappa shape index (κ2) is 4.86. The molecule has 0 fully saturated rings. The van der Waals surface area contributed by atoms with E-state index in [4.69, 9.17) is 4.74 Å². The van der Waals surface area contributed by atoms with Crippen LogP contribution in [0.3, 0.4) is 0 Å². The molecule has 76 valence electrons. The van der Waals surface area contributed by atoms with Crippen LogP contribution >= 0.6 is 0 Å². The summed E-state index contributed by atoms with van der Waals surface area (Å²) in [5.74, 6) is -0.297. The Labute approximate surface area is 82.7 Å². The summed E-state index contributed by atoms with van der Waals surface area (Å²) in [4.78, 5) is 10.9. The number of carbonyl (C=O) groups is 1. The first-order chi connectivity index (χ1) is 6.63. The first kappa shape index (κ1) is 10.9. The van der Waals surface area contributed by atoms with Gasteiger partial charge in [-0.05, 0) is 30.2 Å². The van der Waals surface area contributed by atoms with E-state index in [9.17, 15) is 9.18 Å². The standard InChI is InChI=1S/C11H13FO2/c1-8(13)5-10-6-11(12)4-3-9(10)7-14-2/h3-4,6H,5,7H2,1-2H3. The molecule has 3 heteroatoms. The minimum Gasteiger partial charge on any atom is -0.380 e. The van der Waals surface area contributed by atoms with Crippen molar-refractivity contribution in [2.24, 2.45) is 0 Å². The summed E-state index contributed by atoms with van der Waals surface area (Å²) in [5.41, 5.74) is 1.57. The molecule has 0 aromatic heterocycles. The van der Waals surface area contributed by atoms with Crippen molar-refractivity contribution >= 4 is 5.78 Å². The number of rotatable bonds is 4. The number of hydrogen-bond acceptors (Lipinski definition) is 2. The van der Waals surface area contributed by atoms with Crippen LogP contribution in [0.4, 0.5) is 4.39 Å². The van der Waals surface area contributed by atoms with Gasteiger partial charge in [0.25, 0.3) is 0 Å². The van der Waals surface area contributed by atoms with Gasteiger partial charge in [0.2, 0.25) is 0 Å². The summed E-state index contributed by atoms with van der Waals surface area (Å²) >= 11 is 0. The summed E-state index contributed by atoms with van der Waals surface area (Å²) in [6.45, 7) is 1.89. The molecule has 1 rings (SSSR count). The Bertz CT molecular complexity index is 334. The van der Waals surface area contributed by atoms with E-state index < -0.39 is 0 Å². The van der Waals surface area contributed by atoms with Crippen LogP contribution in [0.2, 0.25) is 0 Å². The average molecular weight is 196 g/mol. The molecule has 2 nitrogen and oxygen atoms in total. The molecule has 0 aliphatic rings. The van der Waals surface area contributed by atoms with Crippen molar-refractivity contribution in [2.75, 3.05) is 7.11 Å². The fourth-order valence-corrected chi connectivity index (χ4v) is 1.32. The molecule has 0 radical (unpaired) electrons. The lowest BCUT2D eigenvalue weighted by atomic mass is 10.0. The molecule has 0 saturated heterocycles. The van der Waals surface area contributed by atoms with Crippen LogP contribution < -0.4 is 0 Å². The van der Waals surface area contributed by atoms with E-state index in [2.05, 4.69) is 0 Å². The average Bonchev–Trinajstić information content (AvgIpc) is 2.09. The zero-order valence-corrected chi connectivity index (χ0v) is 8.34. The maximum absolute atomic E-state index is 12.9. The van der Waals surface area contributed by atoms with Crippen molar-refractivity contribution in [1.29, 1.82) is 0 Å². The van der Waals surface area contributed by atoms with Gasteiger partial charge in [-0.1, -0.05) is 6.07 Å². The number of ketones is 1. The predicted octanol–water partition coefficient (Wildman–Crippen LogP) is 2.10. The minimum absolute atomic E-state index is 0.0213. The third-order valence-corrected chi connectivity index (χ3v) is 1.91. The van der Waals surface area contributed by atoms with Crippen LogP contribution in [0.1, 0.15) is 18.1 Å². The third kappa shape index (κ3) is 2.92. The molecular formula is C11H13FO2. The summed E-state index contributed by atoms with van der Waals surface area (Å²) in [5, 5.41) is 0. The lowest BCUT2D eigenvalue weighted by molar-refractivity contribution is -0.116. The number of halogens is 1. The Kier molecular flexibility index (Phi) is 3.77. The van der Waals surface area contributed by atoms with Gasteiger partial charge in [0.1, 0.15) is 11.6 Å². The smallest absolute Gasteiger partial charge is 0.134 e. The fourth-order valence-electron chi connectivity index (χ4n) is 1.32. The molecule has 0 saturated carbocycles. The fraction of sp³-hybridized carbons (Fsp3) is 0.364. The van der Waals surface area contributed by atoms with E-state index >= 15 is 0 Å². The second-order valence-electron chi connectivity index (χ2n) is 3.22. The molecular weight excluding hydrogens is 183 g/mol. The third-order valence-electron chi connectivity index (χ3n) is 1.91. The van der Waals surface area contributed by atoms with Gasteiger partial charge in [-0.3, -0.25) is 4.79 Å². The highest BCUT2D eigenvalue weighted by Gasteiger charge is 2.06. The summed E-state index contributed by atoms with van der Waals surface area (Å²) in [7, 11) is 1.57. The quantitative estimate of drug-likeness (QED) is 0.737. The summed E-state index contributed by atoms with van der Waals surface area (Å²) < 4.78 is 17.8. The molecule has 0 spiro atoms. The maximum Gasteiger partial charge on any atom is 0.134 e. The van der Waals surface area contributed by atoms with Crippen LogP contribution in [-0.2, 0) is 22.6 Å². The van der Waals surface area contributed by atoms with Crippen molar-refractivity contribution in [3.05, 3.63) is 35.1 Å². The summed E-state index contributed by atoms with van der Waals surface area (Å²) in [6.07, 6.45) is 0.260. The lowest BCUT2D eigenvalue weighted by Crippen LogP contribution is -2.02. The Hall–Kier alpha value is -1.22. The number of Topliss-reactive ketones (excluding diaryl/α,β-unsaturated/α-hetero) is 1. The largest absolute Gasteiger partial charge is 0.380 e. The molecule has 14 heavy (non-hydrogen) atoms. The van der Waals surface area contributed by atoms with Gasteiger partial charge < -0.3 is 4.74 Å². The number of ether oxygens (including phenoxy) is 1. The highest BCUT2D eigenvalue weighted by molar-refractivity contribution is 5.78. The van der Waals surface area contributed by atoms with E-state index in [1.807, 2.05) is 0 Å². The number of benzene rings is 1. The van der Waals surface area contributed by atoms with Crippen LogP contribution in [0.15, 0.2) is 18.2 Å². The molecule has 0 N–H and O–H groups in total. The van der Waals surface area contributed by atoms with Gasteiger partial charge >= 0.3 is 0 Å². The van der Waals surface area contributed by atoms with Crippen molar-refractivity contribution in [3.63, 3.8) is 0 Å². The molecule has 0 atom stereocenters. The molecule has 0 amide bonds. The topological polar surface area (TPSA) is 26.3 Å². The number of methoxy groups -OCH3 is 1. The number of hydrogen-bond donors (Lipinski definition) is 0. The predicted molar refractivity (Wildman–Crippen MR) is 51.5 cm³/mol. The first-order valence-electron chi connectivity index (χ1n) is 4.39. The van der Waals surface area contributed by atoms with Gasteiger partial charge in [0.15, 0.2) is 0 Å². The number of carbonyl (C=O) groups excluding carboxylic acids is 1. The zero-order chi connectivity index (χ0) is 10.6. The molecule has 0 unspecified atom stereocenters. The van der Waals surface area contributed by atoms with Crippen LogP contribution in [-0.4, -0.2) is 12.9 Å². The van der Waals surface area contributed by atoms with Crippen LogP contribution in [0.25, 0.3) is 0 Å².